The monoisotopic (exact) mass is 479 g/mol. The number of rotatable bonds is 16. The molecule has 35 heavy (non-hydrogen) atoms. The summed E-state index contributed by atoms with van der Waals surface area (Å²) < 4.78 is 11.4. The molecule has 0 spiro atoms. The fourth-order valence-electron chi connectivity index (χ4n) is 5.34. The molecule has 1 aliphatic rings. The second kappa shape index (κ2) is 13.7. The number of hydrogen-bond donors (Lipinski definition) is 3. The minimum absolute atomic E-state index is 0.305. The van der Waals surface area contributed by atoms with Crippen molar-refractivity contribution in [2.75, 3.05) is 14.2 Å². The van der Waals surface area contributed by atoms with Crippen LogP contribution in [0, 0.1) is 10.8 Å². The molecule has 0 saturated carbocycles. The molecule has 1 heterocycles. The number of benzene rings is 2. The number of ether oxygens (including phenoxy) is 2. The predicted molar refractivity (Wildman–Crippen MR) is 147 cm³/mol. The highest BCUT2D eigenvalue weighted by Gasteiger charge is 2.27. The average molecular weight is 480 g/mol. The first-order valence-corrected chi connectivity index (χ1v) is 13.6. The van der Waals surface area contributed by atoms with Crippen molar-refractivity contribution in [3.8, 4) is 0 Å². The molecule has 0 bridgehead atoms. The zero-order valence-electron chi connectivity index (χ0n) is 22.3. The third kappa shape index (κ3) is 7.14. The molecule has 3 N–H and O–H groups in total. The lowest BCUT2D eigenvalue weighted by Crippen LogP contribution is -2.20. The summed E-state index contributed by atoms with van der Waals surface area (Å²) in [6, 6.07) is 8.90. The lowest BCUT2D eigenvalue weighted by molar-refractivity contribution is 0.0843. The van der Waals surface area contributed by atoms with Crippen LogP contribution in [0.25, 0.3) is 10.8 Å². The van der Waals surface area contributed by atoms with Crippen LogP contribution in [0.3, 0.4) is 0 Å². The van der Waals surface area contributed by atoms with Gasteiger partial charge in [0, 0.05) is 25.3 Å². The van der Waals surface area contributed by atoms with Gasteiger partial charge in [0.25, 0.3) is 0 Å². The molecule has 2 atom stereocenters. The molecule has 2 aromatic carbocycles. The summed E-state index contributed by atoms with van der Waals surface area (Å²) in [5.74, 6) is 0.708. The van der Waals surface area contributed by atoms with Crippen molar-refractivity contribution >= 4 is 22.4 Å². The number of fused-ring (bicyclic) bond motifs is 3. The van der Waals surface area contributed by atoms with Gasteiger partial charge in [0.05, 0.1) is 12.2 Å². The van der Waals surface area contributed by atoms with Crippen LogP contribution in [0.15, 0.2) is 24.3 Å². The topological polar surface area (TPSA) is 78.2 Å². The Labute approximate surface area is 212 Å². The van der Waals surface area contributed by atoms with Crippen LogP contribution >= 0.6 is 0 Å². The third-order valence-electron chi connectivity index (χ3n) is 7.43. The van der Waals surface area contributed by atoms with Gasteiger partial charge >= 0.3 is 0 Å². The van der Waals surface area contributed by atoms with Crippen LogP contribution in [0.4, 0.5) is 0 Å². The van der Waals surface area contributed by atoms with Gasteiger partial charge in [-0.2, -0.15) is 0 Å². The van der Waals surface area contributed by atoms with E-state index in [1.165, 1.54) is 42.2 Å². The Balaban J connectivity index is 1.76. The molecule has 2 aromatic rings. The van der Waals surface area contributed by atoms with E-state index in [1.807, 2.05) is 14.2 Å². The summed E-state index contributed by atoms with van der Waals surface area (Å²) in [6.07, 6.45) is 13.9. The molecule has 5 heteroatoms. The fraction of sp³-hybridized carbons (Fsp3) is 0.600. The van der Waals surface area contributed by atoms with E-state index in [-0.39, 0.29) is 0 Å². The lowest BCUT2D eigenvalue weighted by atomic mass is 9.90. The van der Waals surface area contributed by atoms with E-state index in [0.717, 1.165) is 67.9 Å². The van der Waals surface area contributed by atoms with Gasteiger partial charge in [-0.3, -0.25) is 10.8 Å². The van der Waals surface area contributed by atoms with Crippen molar-refractivity contribution in [2.45, 2.75) is 103 Å². The Morgan fingerprint density at radius 2 is 1.31 bits per heavy atom. The minimum Gasteiger partial charge on any atom is -0.381 e. The quantitative estimate of drug-likeness (QED) is 0.239. The molecule has 0 fully saturated rings. The second-order valence-corrected chi connectivity index (χ2v) is 10.0. The molecule has 5 nitrogen and oxygen atoms in total. The van der Waals surface area contributed by atoms with E-state index in [1.54, 1.807) is 0 Å². The Morgan fingerprint density at radius 1 is 0.743 bits per heavy atom. The van der Waals surface area contributed by atoms with Crippen molar-refractivity contribution in [3.63, 3.8) is 0 Å². The van der Waals surface area contributed by atoms with E-state index in [0.29, 0.717) is 23.9 Å². The Kier molecular flexibility index (Phi) is 10.7. The van der Waals surface area contributed by atoms with Gasteiger partial charge in [0.2, 0.25) is 0 Å². The molecule has 0 saturated heterocycles. The van der Waals surface area contributed by atoms with Crippen molar-refractivity contribution in [1.29, 1.82) is 10.8 Å². The molecule has 0 aromatic heterocycles. The summed E-state index contributed by atoms with van der Waals surface area (Å²) in [5.41, 5.74) is 4.31. The Hall–Kier alpha value is -2.24. The molecule has 192 valence electrons. The molecular weight excluding hydrogens is 434 g/mol. The second-order valence-electron chi connectivity index (χ2n) is 10.0. The van der Waals surface area contributed by atoms with Crippen LogP contribution in [-0.4, -0.2) is 38.1 Å². The fourth-order valence-corrected chi connectivity index (χ4v) is 5.34. The van der Waals surface area contributed by atoms with E-state index in [2.05, 4.69) is 43.4 Å². The maximum absolute atomic E-state index is 8.49. The number of methoxy groups -OCH3 is 2. The summed E-state index contributed by atoms with van der Waals surface area (Å²) in [5, 5.41) is 22.2. The largest absolute Gasteiger partial charge is 0.381 e. The van der Waals surface area contributed by atoms with Gasteiger partial charge in [0.1, 0.15) is 11.7 Å². The molecule has 0 aliphatic carbocycles. The molecule has 3 rings (SSSR count). The van der Waals surface area contributed by atoms with Crippen molar-refractivity contribution in [1.82, 2.24) is 5.32 Å². The van der Waals surface area contributed by atoms with Crippen molar-refractivity contribution in [3.05, 3.63) is 46.5 Å². The summed E-state index contributed by atoms with van der Waals surface area (Å²) in [6.45, 7) is 4.45. The molecule has 0 radical (unpaired) electrons. The molecule has 1 aliphatic heterocycles. The maximum Gasteiger partial charge on any atom is 0.132 e. The normalized spacial score (nSPS) is 14.9. The van der Waals surface area contributed by atoms with Gasteiger partial charge < -0.3 is 14.8 Å². The van der Waals surface area contributed by atoms with Gasteiger partial charge in [-0.1, -0.05) is 63.8 Å². The van der Waals surface area contributed by atoms with Gasteiger partial charge in [0.15, 0.2) is 0 Å². The summed E-state index contributed by atoms with van der Waals surface area (Å²) in [4.78, 5) is 0. The van der Waals surface area contributed by atoms with E-state index in [4.69, 9.17) is 20.3 Å². The first kappa shape index (κ1) is 27.3. The van der Waals surface area contributed by atoms with Gasteiger partial charge in [-0.15, -0.1) is 0 Å². The van der Waals surface area contributed by atoms with Gasteiger partial charge in [-0.05, 0) is 73.3 Å². The van der Waals surface area contributed by atoms with E-state index < -0.39 is 0 Å². The number of amidine groups is 2. The van der Waals surface area contributed by atoms with Crippen LogP contribution in [0.5, 0.6) is 0 Å². The summed E-state index contributed by atoms with van der Waals surface area (Å²) >= 11 is 0. The van der Waals surface area contributed by atoms with Crippen molar-refractivity contribution in [2.24, 2.45) is 0 Å². The Morgan fingerprint density at radius 3 is 1.91 bits per heavy atom. The third-order valence-corrected chi connectivity index (χ3v) is 7.43. The highest BCUT2D eigenvalue weighted by molar-refractivity contribution is 6.28. The Bertz CT molecular complexity index is 1000. The highest BCUT2D eigenvalue weighted by atomic mass is 16.5. The van der Waals surface area contributed by atoms with Gasteiger partial charge in [-0.25, -0.2) is 0 Å². The maximum atomic E-state index is 8.49. The highest BCUT2D eigenvalue weighted by Crippen LogP contribution is 2.32. The molecular formula is C30H45N3O2. The van der Waals surface area contributed by atoms with Crippen LogP contribution < -0.4 is 5.32 Å². The van der Waals surface area contributed by atoms with E-state index >= 15 is 0 Å². The smallest absolute Gasteiger partial charge is 0.132 e. The molecule has 0 amide bonds. The van der Waals surface area contributed by atoms with E-state index in [9.17, 15) is 0 Å². The first-order chi connectivity index (χ1) is 17.0. The summed E-state index contributed by atoms with van der Waals surface area (Å²) in [7, 11) is 3.65. The predicted octanol–water partition coefficient (Wildman–Crippen LogP) is 7.15. The minimum atomic E-state index is 0.305. The number of nitrogens with one attached hydrogen (secondary N) is 3. The average Bonchev–Trinajstić information content (AvgIpc) is 3.17. The number of hydrogen-bond acceptors (Lipinski definition) is 4. The van der Waals surface area contributed by atoms with Crippen LogP contribution in [0.1, 0.15) is 100 Å². The SMILES string of the molecule is CCCCC(CCCc1ccc2c3c(c(CCCC(CCCC)OC)cc2c1)C(=N)NC3=N)OC. The lowest BCUT2D eigenvalue weighted by Gasteiger charge is -2.16. The standard InChI is InChI=1S/C30H45N3O2/c1-5-7-13-24(34-3)15-9-11-21-17-18-26-23(19-21)20-22(27-28(26)30(32)33-29(27)31)12-10-16-25(35-4)14-8-6-2/h17-20,24-25H,5-16H2,1-4H3,(H3,31,32,33). The van der Waals surface area contributed by atoms with Crippen LogP contribution in [0.2, 0.25) is 0 Å². The number of aryl methyl sites for hydroxylation is 2. The zero-order chi connectivity index (χ0) is 25.2. The number of unbranched alkanes of at least 4 members (excludes halogenated alkanes) is 2. The first-order valence-electron chi connectivity index (χ1n) is 13.6. The zero-order valence-corrected chi connectivity index (χ0v) is 22.3. The molecule has 2 unspecified atom stereocenters. The van der Waals surface area contributed by atoms with Crippen LogP contribution in [-0.2, 0) is 22.3 Å². The van der Waals surface area contributed by atoms with Crippen molar-refractivity contribution < 1.29 is 9.47 Å².